The normalized spacial score (nSPS) is 7.60. The fourth-order valence-electron chi connectivity index (χ4n) is 0.316. The Kier molecular flexibility index (Phi) is 23.9. The number of nitrogens with one attached hydrogen (secondary N) is 2. The van der Waals surface area contributed by atoms with Crippen molar-refractivity contribution in [2.45, 2.75) is 0 Å². The molecule has 0 atom stereocenters. The van der Waals surface area contributed by atoms with Gasteiger partial charge in [0.2, 0.25) is 0 Å². The van der Waals surface area contributed by atoms with Crippen LogP contribution in [0.4, 0.5) is 0 Å². The molecule has 0 fully saturated rings. The monoisotopic (exact) mass is 335 g/mol. The molecule has 15 heavy (non-hydrogen) atoms. The zero-order valence-electron chi connectivity index (χ0n) is 7.66. The minimum Gasteiger partial charge on any atom is -0.412 e. The minimum atomic E-state index is 0. The Labute approximate surface area is 122 Å². The fraction of sp³-hybridized carbons (Fsp3) is 0.667. The molecule has 0 rings (SSSR count). The molecule has 9 heteroatoms. The maximum absolute atomic E-state index is 8.15. The molecule has 1 radical (unpaired) electrons. The van der Waals surface area contributed by atoms with E-state index in [1.165, 1.54) is 0 Å². The molecule has 0 unspecified atom stereocenters. The van der Waals surface area contributed by atoms with Crippen molar-refractivity contribution >= 4 is 58.3 Å². The third kappa shape index (κ3) is 31.3. The van der Waals surface area contributed by atoms with Gasteiger partial charge >= 0.3 is 17.1 Å². The Balaban J connectivity index is -0.000000180. The number of thiocarbonyl (C=S) groups is 2. The molecule has 0 aliphatic heterocycles. The van der Waals surface area contributed by atoms with Crippen LogP contribution in [0.2, 0.25) is 0 Å². The summed E-state index contributed by atoms with van der Waals surface area (Å²) in [6, 6.07) is 0. The fourth-order valence-corrected chi connectivity index (χ4v) is 0.724. The van der Waals surface area contributed by atoms with Crippen LogP contribution in [0.5, 0.6) is 0 Å². The second-order valence-electron chi connectivity index (χ2n) is 1.88. The number of aliphatic hydroxyl groups excluding tert-OH is 2. The van der Waals surface area contributed by atoms with E-state index in [0.29, 0.717) is 21.7 Å². The van der Waals surface area contributed by atoms with Gasteiger partial charge in [0.15, 0.2) is 0 Å². The Bertz CT molecular complexity index is 155. The van der Waals surface area contributed by atoms with E-state index in [4.69, 9.17) is 10.2 Å². The van der Waals surface area contributed by atoms with Crippen molar-refractivity contribution < 1.29 is 27.3 Å². The van der Waals surface area contributed by atoms with Crippen LogP contribution in [0, 0.1) is 0 Å². The number of hydrogen-bond donors (Lipinski definition) is 4. The van der Waals surface area contributed by atoms with Crippen molar-refractivity contribution in [1.29, 1.82) is 0 Å². The molecule has 4 N–H and O–H groups in total. The summed E-state index contributed by atoms with van der Waals surface area (Å²) >= 11 is 17.8. The van der Waals surface area contributed by atoms with Gasteiger partial charge in [0, 0.05) is 13.1 Å². The topological polar surface area (TPSA) is 64.5 Å². The SMILES string of the molecule is OCCNC(=S)[S-].OCCNC(=S)[S-].[Cu+2]. The van der Waals surface area contributed by atoms with Crippen molar-refractivity contribution in [1.82, 2.24) is 10.6 Å². The van der Waals surface area contributed by atoms with Crippen LogP contribution in [0.25, 0.3) is 0 Å². The van der Waals surface area contributed by atoms with E-state index >= 15 is 0 Å². The Morgan fingerprint density at radius 3 is 1.27 bits per heavy atom. The van der Waals surface area contributed by atoms with E-state index in [9.17, 15) is 0 Å². The summed E-state index contributed by atoms with van der Waals surface area (Å²) in [6.45, 7) is 1.08. The van der Waals surface area contributed by atoms with Crippen LogP contribution in [0.1, 0.15) is 0 Å². The van der Waals surface area contributed by atoms with Gasteiger partial charge < -0.3 is 70.5 Å². The largest absolute Gasteiger partial charge is 2.00 e. The molecule has 0 bridgehead atoms. The minimum absolute atomic E-state index is 0. The first-order valence-corrected chi connectivity index (χ1v) is 5.29. The van der Waals surface area contributed by atoms with Gasteiger partial charge in [-0.05, 0) is 0 Å². The van der Waals surface area contributed by atoms with Crippen LogP contribution >= 0.6 is 24.4 Å². The zero-order valence-corrected chi connectivity index (χ0v) is 11.9. The van der Waals surface area contributed by atoms with Crippen molar-refractivity contribution in [3.05, 3.63) is 0 Å². The molecule has 0 aromatic carbocycles. The van der Waals surface area contributed by atoms with Crippen molar-refractivity contribution in [3.63, 3.8) is 0 Å². The van der Waals surface area contributed by atoms with Crippen molar-refractivity contribution in [3.8, 4) is 0 Å². The molecule has 0 aromatic rings. The van der Waals surface area contributed by atoms with Crippen LogP contribution in [0.15, 0.2) is 0 Å². The molecule has 0 saturated carbocycles. The zero-order chi connectivity index (χ0) is 11.4. The van der Waals surface area contributed by atoms with E-state index in [0.717, 1.165) is 0 Å². The standard InChI is InChI=1S/2C3H7NOS2.Cu/c2*5-2-1-4-3(6)7;/h2*5H,1-2H2,(H2,4,6,7);/q;;+2/p-2. The van der Waals surface area contributed by atoms with E-state index in [1.807, 2.05) is 0 Å². The summed E-state index contributed by atoms with van der Waals surface area (Å²) in [4.78, 5) is 0. The third-order valence-electron chi connectivity index (χ3n) is 0.762. The molecule has 0 aliphatic carbocycles. The van der Waals surface area contributed by atoms with E-state index in [-0.39, 0.29) is 30.3 Å². The molecular weight excluding hydrogens is 324 g/mol. The average molecular weight is 336 g/mol. The molecule has 93 valence electrons. The van der Waals surface area contributed by atoms with E-state index in [2.05, 4.69) is 60.3 Å². The summed E-state index contributed by atoms with van der Waals surface area (Å²) in [5.41, 5.74) is 0. The Morgan fingerprint density at radius 2 is 1.20 bits per heavy atom. The Morgan fingerprint density at radius 1 is 0.933 bits per heavy atom. The van der Waals surface area contributed by atoms with Gasteiger partial charge in [-0.15, -0.1) is 0 Å². The van der Waals surface area contributed by atoms with E-state index in [1.54, 1.807) is 0 Å². The van der Waals surface area contributed by atoms with Crippen LogP contribution in [-0.2, 0) is 42.3 Å². The number of aliphatic hydroxyl groups is 2. The van der Waals surface area contributed by atoms with Gasteiger partial charge in [0.1, 0.15) is 0 Å². The summed E-state index contributed by atoms with van der Waals surface area (Å²) in [5, 5.41) is 21.5. The first-order chi connectivity index (χ1) is 6.54. The van der Waals surface area contributed by atoms with Gasteiger partial charge in [-0.1, -0.05) is 8.64 Å². The average Bonchev–Trinajstić information content (AvgIpc) is 2.12. The van der Waals surface area contributed by atoms with Crippen molar-refractivity contribution in [2.75, 3.05) is 26.3 Å². The quantitative estimate of drug-likeness (QED) is 0.290. The predicted molar refractivity (Wildman–Crippen MR) is 70.1 cm³/mol. The molecule has 0 aromatic heterocycles. The molecule has 0 amide bonds. The second-order valence-corrected chi connectivity index (χ2v) is 4.03. The number of rotatable bonds is 4. The molecule has 0 aliphatic rings. The van der Waals surface area contributed by atoms with Gasteiger partial charge in [0.05, 0.1) is 13.2 Å². The molecule has 0 spiro atoms. The van der Waals surface area contributed by atoms with Crippen LogP contribution in [0.3, 0.4) is 0 Å². The summed E-state index contributed by atoms with van der Waals surface area (Å²) in [7, 11) is 0. The summed E-state index contributed by atoms with van der Waals surface area (Å²) < 4.78 is 0.628. The molecular formula is C6H12CuN2O2S4. The van der Waals surface area contributed by atoms with Gasteiger partial charge in [-0.3, -0.25) is 0 Å². The second kappa shape index (κ2) is 17.1. The summed E-state index contributed by atoms with van der Waals surface area (Å²) in [6.07, 6.45) is 0. The Hall–Kier alpha value is 0.659. The smallest absolute Gasteiger partial charge is 0.412 e. The third-order valence-corrected chi connectivity index (χ3v) is 1.34. The van der Waals surface area contributed by atoms with Gasteiger partial charge in [-0.2, -0.15) is 0 Å². The first-order valence-electron chi connectivity index (χ1n) is 3.66. The van der Waals surface area contributed by atoms with Crippen LogP contribution in [-0.4, -0.2) is 45.2 Å². The molecule has 0 saturated heterocycles. The number of hydrogen-bond acceptors (Lipinski definition) is 6. The van der Waals surface area contributed by atoms with Gasteiger partial charge in [-0.25, -0.2) is 0 Å². The first kappa shape index (κ1) is 21.0. The maximum atomic E-state index is 8.15. The van der Waals surface area contributed by atoms with Gasteiger partial charge in [0.25, 0.3) is 0 Å². The summed E-state index contributed by atoms with van der Waals surface area (Å²) in [5.74, 6) is 0. The van der Waals surface area contributed by atoms with Crippen LogP contribution < -0.4 is 10.6 Å². The predicted octanol–water partition coefficient (Wildman–Crippen LogP) is -1.20. The van der Waals surface area contributed by atoms with E-state index < -0.39 is 0 Å². The van der Waals surface area contributed by atoms with Crippen molar-refractivity contribution in [2.24, 2.45) is 0 Å². The maximum Gasteiger partial charge on any atom is 2.00 e. The molecule has 0 heterocycles. The molecule has 4 nitrogen and oxygen atoms in total.